The Balaban J connectivity index is 0.000000665. The van der Waals surface area contributed by atoms with E-state index in [9.17, 15) is 4.79 Å². The van der Waals surface area contributed by atoms with E-state index < -0.39 is 0 Å². The van der Waals surface area contributed by atoms with Crippen molar-refractivity contribution in [3.05, 3.63) is 164 Å². The summed E-state index contributed by atoms with van der Waals surface area (Å²) in [6.07, 6.45) is 72.0. The number of carbonyl (C=O) groups is 1. The summed E-state index contributed by atoms with van der Waals surface area (Å²) in [6.45, 7) is 71.8. The number of nitrogens with one attached hydrogen (secondary N) is 1. The van der Waals surface area contributed by atoms with Gasteiger partial charge in [0.25, 0.3) is 11.8 Å². The second kappa shape index (κ2) is 46.1. The Morgan fingerprint density at radius 1 is 0.496 bits per heavy atom. The van der Waals surface area contributed by atoms with Gasteiger partial charge in [-0.05, 0) is 108 Å². The van der Waals surface area contributed by atoms with Gasteiger partial charge in [-0.1, -0.05) is 287 Å². The lowest BCUT2D eigenvalue weighted by Crippen LogP contribution is -2.32. The Hall–Kier alpha value is -11.9. The highest BCUT2D eigenvalue weighted by atomic mass is 32.1. The fourth-order valence-corrected chi connectivity index (χ4v) is 10.6. The number of terminal acetylenes is 10. The summed E-state index contributed by atoms with van der Waals surface area (Å²) in [4.78, 5) is 44.0. The van der Waals surface area contributed by atoms with Gasteiger partial charge in [0.1, 0.15) is 53.0 Å². The van der Waals surface area contributed by atoms with Gasteiger partial charge in [0, 0.05) is 80.1 Å². The number of nitrogens with zero attached hydrogens (tertiary/aromatic N) is 10. The molecule has 0 radical (unpaired) electrons. The standard InChI is InChI=1S/4C10H13N.C9H12N2.4C9H11NO.C9H11NS.C9H14O2/c1-5-9-6-8(7-11-9)10(2,3)4;2*1-5-9-8(6-7-11-9)10(2,3)4;1-5-8-6-7-9(11-8)10(2,3)4;1-5-8-10-6-7(11-8)9(2,3)4;1-5-8-10-7(6-11-8)9(2,3)4;1-5-8-10-6-7(11-8)9(2,3)4;1-5-8-7(6-11-10-8)9(2,3)4;2*1-5-7-6-8(11-10-7)9(2,3)4;1-9(2,3)7-5-4-6-8(10)11-7/h3*1,6H,7H2,2-4H3;1,7H,6H2,2-4H3;1,6H,2-4H3,(H,10,11);5*1,6H,2-4H3;4,6-7H,5H2,1-3H3. The van der Waals surface area contributed by atoms with E-state index >= 15 is 0 Å². The number of aromatic nitrogens is 7. The zero-order chi connectivity index (χ0) is 93.3. The van der Waals surface area contributed by atoms with Gasteiger partial charge in [-0.2, -0.15) is 4.37 Å². The predicted molar refractivity (Wildman–Crippen MR) is 504 cm³/mol. The van der Waals surface area contributed by atoms with Crippen LogP contribution in [0.25, 0.3) is 0 Å². The van der Waals surface area contributed by atoms with E-state index in [0.29, 0.717) is 29.0 Å². The predicted octanol–water partition coefficient (Wildman–Crippen LogP) is 22.4. The molecular formula is C103H133N11O6S. The summed E-state index contributed by atoms with van der Waals surface area (Å²) in [5.41, 5.74) is 14.0. The van der Waals surface area contributed by atoms with Crippen LogP contribution < -0.4 is 0 Å². The van der Waals surface area contributed by atoms with E-state index in [4.69, 9.17) is 86.9 Å². The fraction of sp³-hybridized carbons (Fsp3) is 0.485. The first-order valence-corrected chi connectivity index (χ1v) is 40.7. The molecule has 17 nitrogen and oxygen atoms in total. The first-order valence-electron chi connectivity index (χ1n) is 39.9. The number of imidazole rings is 1. The van der Waals surface area contributed by atoms with Crippen molar-refractivity contribution in [2.24, 2.45) is 47.0 Å². The molecule has 18 heteroatoms. The van der Waals surface area contributed by atoms with Gasteiger partial charge in [-0.15, -0.1) is 64.2 Å². The number of hydrogen-bond acceptors (Lipinski definition) is 17. The molecule has 6 aromatic rings. The number of ether oxygens (including phenoxy) is 1. The van der Waals surface area contributed by atoms with Gasteiger partial charge in [0.05, 0.1) is 37.2 Å². The first kappa shape index (κ1) is 107. The Labute approximate surface area is 732 Å². The first-order chi connectivity index (χ1) is 55.4. The maximum absolute atomic E-state index is 10.8. The Morgan fingerprint density at radius 2 is 1.05 bits per heavy atom. The van der Waals surface area contributed by atoms with E-state index in [1.807, 2.05) is 59.8 Å². The quantitative estimate of drug-likeness (QED) is 0.111. The van der Waals surface area contributed by atoms with E-state index in [1.165, 1.54) is 39.2 Å². The SMILES string of the molecule is C#CC1=NC(C(C)(C)C)=CC1.C#CC1=NCC(C(C)(C)C)=C1.C#CC1=NCC=C1C(C)(C)C.C#CC1=NCC=C1C(C)(C)C.C#Cc1cc(C(C)(C)C)on1.C#Cc1cc(C(C)(C)C)sn1.C#Cc1nc(C(C)(C)C)co1.C#Cc1ncc(C(C)(C)C)[nH]1.C#Cc1ncc(C(C)(C)C)o1.C#Cc1nocc1C(C)(C)C.CC(C)(C)C1CC=CC(=O)O1. The minimum absolute atomic E-state index is 0.0118. The van der Waals surface area contributed by atoms with E-state index in [2.05, 4.69) is 319 Å². The van der Waals surface area contributed by atoms with Crippen LogP contribution in [0, 0.1) is 151 Å². The molecule has 11 heterocycles. The average Bonchev–Trinajstić information content (AvgIpc) is 1.63. The van der Waals surface area contributed by atoms with E-state index in [-0.39, 0.29) is 71.6 Å². The van der Waals surface area contributed by atoms with Crippen molar-refractivity contribution in [2.75, 3.05) is 19.6 Å². The van der Waals surface area contributed by atoms with Crippen LogP contribution in [-0.2, 0) is 42.0 Å². The molecule has 11 rings (SSSR count). The molecule has 121 heavy (non-hydrogen) atoms. The van der Waals surface area contributed by atoms with Gasteiger partial charge < -0.3 is 27.6 Å². The summed E-state index contributed by atoms with van der Waals surface area (Å²) in [5.74, 6) is 27.6. The molecule has 0 amide bonds. The third kappa shape index (κ3) is 38.8. The number of allylic oxidation sites excluding steroid dienone is 5. The van der Waals surface area contributed by atoms with Crippen LogP contribution >= 0.6 is 11.5 Å². The molecule has 5 aliphatic rings. The van der Waals surface area contributed by atoms with Crippen molar-refractivity contribution in [1.29, 1.82) is 0 Å². The molecule has 0 saturated heterocycles. The highest BCUT2D eigenvalue weighted by Crippen LogP contribution is 2.34. The van der Waals surface area contributed by atoms with E-state index in [0.717, 1.165) is 95.2 Å². The summed E-state index contributed by atoms with van der Waals surface area (Å²) in [5, 5.41) is 7.38. The van der Waals surface area contributed by atoms with Gasteiger partial charge in [0.2, 0.25) is 0 Å². The van der Waals surface area contributed by atoms with Crippen LogP contribution in [0.3, 0.4) is 0 Å². The molecule has 1 atom stereocenters. The zero-order valence-electron chi connectivity index (χ0n) is 78.6. The van der Waals surface area contributed by atoms with Crippen LogP contribution in [0.15, 0.2) is 134 Å². The lowest BCUT2D eigenvalue weighted by atomic mass is 9.84. The Bertz CT molecular complexity index is 4750. The third-order valence-corrected chi connectivity index (χ3v) is 18.6. The van der Waals surface area contributed by atoms with Crippen molar-refractivity contribution in [1.82, 2.24) is 34.6 Å². The van der Waals surface area contributed by atoms with Crippen LogP contribution in [0.4, 0.5) is 0 Å². The second-order valence-electron chi connectivity index (χ2n) is 39.7. The molecule has 0 bridgehead atoms. The number of hydrogen-bond donors (Lipinski definition) is 1. The third-order valence-electron chi connectivity index (χ3n) is 17.4. The molecule has 1 unspecified atom stereocenters. The van der Waals surface area contributed by atoms with Crippen LogP contribution in [-0.4, -0.2) is 89.2 Å². The van der Waals surface area contributed by atoms with Crippen molar-refractivity contribution in [3.8, 4) is 123 Å². The van der Waals surface area contributed by atoms with Crippen LogP contribution in [0.5, 0.6) is 0 Å². The highest BCUT2D eigenvalue weighted by Gasteiger charge is 2.30. The number of cyclic esters (lactones) is 1. The number of esters is 1. The number of carbonyl (C=O) groups excluding carboxylic acids is 1. The molecule has 642 valence electrons. The second-order valence-corrected chi connectivity index (χ2v) is 40.5. The lowest BCUT2D eigenvalue weighted by Gasteiger charge is -2.30. The molecule has 0 fully saturated rings. The number of aliphatic imine (C=N–C) groups is 4. The largest absolute Gasteiger partial charge is 0.458 e. The molecule has 0 saturated carbocycles. The van der Waals surface area contributed by atoms with Gasteiger partial charge >= 0.3 is 5.97 Å². The number of rotatable bonds is 0. The lowest BCUT2D eigenvalue weighted by molar-refractivity contribution is -0.149. The average molecular weight is 1650 g/mol. The fourth-order valence-electron chi connectivity index (χ4n) is 9.81. The van der Waals surface area contributed by atoms with Crippen molar-refractivity contribution >= 4 is 40.3 Å². The van der Waals surface area contributed by atoms with Gasteiger partial charge in [-0.3, -0.25) is 15.0 Å². The molecule has 0 aliphatic carbocycles. The molecule has 6 aromatic heterocycles. The number of H-pyrrole nitrogens is 1. The summed E-state index contributed by atoms with van der Waals surface area (Å²) in [6, 6.07) is 3.77. The van der Waals surface area contributed by atoms with Crippen molar-refractivity contribution < 1.29 is 27.4 Å². The topological polar surface area (TPSA) is 221 Å². The summed E-state index contributed by atoms with van der Waals surface area (Å²) < 4.78 is 29.3. The Morgan fingerprint density at radius 3 is 1.32 bits per heavy atom. The van der Waals surface area contributed by atoms with Crippen LogP contribution in [0.1, 0.15) is 309 Å². The maximum Gasteiger partial charge on any atom is 0.330 e. The number of oxazole rings is 2. The summed E-state index contributed by atoms with van der Waals surface area (Å²) in [7, 11) is 0. The molecule has 1 N–H and O–H groups in total. The van der Waals surface area contributed by atoms with Crippen molar-refractivity contribution in [2.45, 2.75) is 280 Å². The highest BCUT2D eigenvalue weighted by molar-refractivity contribution is 7.06. The molecular weight excluding hydrogens is 1520 g/mol. The monoisotopic (exact) mass is 1650 g/mol. The zero-order valence-corrected chi connectivity index (χ0v) is 79.5. The minimum atomic E-state index is -0.212. The van der Waals surface area contributed by atoms with E-state index in [1.54, 1.807) is 31.0 Å². The van der Waals surface area contributed by atoms with Gasteiger partial charge in [0.15, 0.2) is 17.2 Å². The van der Waals surface area contributed by atoms with Crippen molar-refractivity contribution in [3.63, 3.8) is 0 Å². The molecule has 5 aliphatic heterocycles. The molecule has 0 aromatic carbocycles. The Kier molecular flexibility index (Phi) is 40.8. The minimum Gasteiger partial charge on any atom is -0.458 e. The maximum atomic E-state index is 10.8. The molecule has 0 spiro atoms. The van der Waals surface area contributed by atoms with Gasteiger partial charge in [-0.25, -0.2) is 24.7 Å². The normalized spacial score (nSPS) is 14.6. The summed E-state index contributed by atoms with van der Waals surface area (Å²) >= 11 is 1.49. The smallest absolute Gasteiger partial charge is 0.330 e. The number of aromatic amines is 1. The van der Waals surface area contributed by atoms with Crippen LogP contribution in [0.2, 0.25) is 0 Å².